The Morgan fingerprint density at radius 3 is 2.36 bits per heavy atom. The summed E-state index contributed by atoms with van der Waals surface area (Å²) in [5.74, 6) is -0.878. The zero-order valence-corrected chi connectivity index (χ0v) is 10.2. The molecule has 0 atom stereocenters. The average molecular weight is 261 g/mol. The van der Waals surface area contributed by atoms with Gasteiger partial charge in [0, 0.05) is 12.7 Å². The van der Waals surface area contributed by atoms with Crippen LogP contribution in [0.2, 0.25) is 0 Å². The molecule has 0 radical (unpaired) electrons. The Balaban J connectivity index is 3.33. The smallest absolute Gasteiger partial charge is 0.315 e. The highest BCUT2D eigenvalue weighted by atomic mass is 79.9. The van der Waals surface area contributed by atoms with Gasteiger partial charge in [0.15, 0.2) is 0 Å². The minimum atomic E-state index is -0.967. The first kappa shape index (κ1) is 11.2. The molecule has 1 rings (SSSR count). The van der Waals surface area contributed by atoms with Gasteiger partial charge in [-0.1, -0.05) is 0 Å². The lowest BCUT2D eigenvalue weighted by Crippen LogP contribution is -2.29. The molecule has 0 bridgehead atoms. The van der Waals surface area contributed by atoms with Crippen molar-refractivity contribution >= 4 is 21.9 Å². The zero-order chi connectivity index (χ0) is 11.1. The van der Waals surface area contributed by atoms with Crippen molar-refractivity contribution in [3.8, 4) is 0 Å². The highest BCUT2D eigenvalue weighted by Crippen LogP contribution is 2.31. The van der Waals surface area contributed by atoms with E-state index in [1.54, 1.807) is 25.6 Å². The molecular formula is C9H13BrN2O2. The molecule has 4 nitrogen and oxygen atoms in total. The third-order valence-electron chi connectivity index (χ3n) is 2.39. The molecule has 1 N–H and O–H groups in total. The van der Waals surface area contributed by atoms with Crippen LogP contribution in [0.25, 0.3) is 0 Å². The maximum Gasteiger partial charge on any atom is 0.315 e. The Hall–Kier alpha value is -0.840. The molecule has 1 heterocycles. The third kappa shape index (κ3) is 1.56. The van der Waals surface area contributed by atoms with Crippen LogP contribution in [0.5, 0.6) is 0 Å². The maximum atomic E-state index is 11.0. The summed E-state index contributed by atoms with van der Waals surface area (Å²) in [5.41, 5.74) is 0.518. The molecule has 5 heteroatoms. The molecule has 0 aliphatic heterocycles. The third-order valence-corrected chi connectivity index (χ3v) is 3.34. The fourth-order valence-corrected chi connectivity index (χ4v) is 1.91. The quantitative estimate of drug-likeness (QED) is 0.883. The van der Waals surface area contributed by atoms with Gasteiger partial charge in [-0.2, -0.15) is 5.10 Å². The van der Waals surface area contributed by atoms with Crippen LogP contribution in [0.15, 0.2) is 4.47 Å². The van der Waals surface area contributed by atoms with Crippen LogP contribution >= 0.6 is 15.9 Å². The lowest BCUT2D eigenvalue weighted by Gasteiger charge is -2.16. The van der Waals surface area contributed by atoms with Gasteiger partial charge in [0.05, 0.1) is 10.2 Å². The topological polar surface area (TPSA) is 55.1 Å². The number of nitrogens with zero attached hydrogens (tertiary/aromatic N) is 2. The average Bonchev–Trinajstić information content (AvgIpc) is 2.33. The highest BCUT2D eigenvalue weighted by Gasteiger charge is 2.35. The van der Waals surface area contributed by atoms with Crippen molar-refractivity contribution in [1.29, 1.82) is 0 Å². The number of aromatic nitrogens is 2. The van der Waals surface area contributed by atoms with Gasteiger partial charge < -0.3 is 5.11 Å². The van der Waals surface area contributed by atoms with Crippen molar-refractivity contribution in [2.75, 3.05) is 0 Å². The number of aliphatic carboxylic acids is 1. The minimum Gasteiger partial charge on any atom is -0.481 e. The van der Waals surface area contributed by atoms with Crippen LogP contribution in [0.4, 0.5) is 0 Å². The lowest BCUT2D eigenvalue weighted by molar-refractivity contribution is -0.142. The second-order valence-electron chi connectivity index (χ2n) is 3.80. The van der Waals surface area contributed by atoms with E-state index in [0.717, 1.165) is 10.2 Å². The first-order valence-electron chi connectivity index (χ1n) is 4.21. The van der Waals surface area contributed by atoms with E-state index in [1.165, 1.54) is 0 Å². The van der Waals surface area contributed by atoms with Gasteiger partial charge >= 0.3 is 5.97 Å². The largest absolute Gasteiger partial charge is 0.481 e. The minimum absolute atomic E-state index is 0.560. The van der Waals surface area contributed by atoms with Gasteiger partial charge in [0.25, 0.3) is 0 Å². The number of carboxylic acid groups (broad SMARTS) is 1. The van der Waals surface area contributed by atoms with Crippen molar-refractivity contribution in [2.24, 2.45) is 7.05 Å². The number of carbonyl (C=O) groups is 1. The van der Waals surface area contributed by atoms with Crippen LogP contribution in [-0.2, 0) is 17.3 Å². The fourth-order valence-electron chi connectivity index (χ4n) is 1.08. The second kappa shape index (κ2) is 3.38. The Labute approximate surface area is 91.1 Å². The van der Waals surface area contributed by atoms with Gasteiger partial charge in [0.1, 0.15) is 5.41 Å². The van der Waals surface area contributed by atoms with Crippen LogP contribution in [0, 0.1) is 6.92 Å². The molecule has 0 aliphatic rings. The summed E-state index contributed by atoms with van der Waals surface area (Å²) < 4.78 is 2.44. The Bertz CT molecular complexity index is 382. The molecule has 0 saturated heterocycles. The Morgan fingerprint density at radius 1 is 1.57 bits per heavy atom. The first-order valence-corrected chi connectivity index (χ1v) is 5.00. The van der Waals surface area contributed by atoms with Crippen molar-refractivity contribution in [3.63, 3.8) is 0 Å². The van der Waals surface area contributed by atoms with Crippen LogP contribution < -0.4 is 0 Å². The number of carboxylic acids is 1. The lowest BCUT2D eigenvalue weighted by atomic mass is 9.89. The summed E-state index contributed by atoms with van der Waals surface area (Å²) in [4.78, 5) is 11.0. The molecule has 14 heavy (non-hydrogen) atoms. The number of halogens is 1. The molecule has 0 spiro atoms. The normalized spacial score (nSPS) is 11.8. The van der Waals surface area contributed by atoms with E-state index in [0.29, 0.717) is 5.69 Å². The van der Waals surface area contributed by atoms with Crippen molar-refractivity contribution in [2.45, 2.75) is 26.2 Å². The summed E-state index contributed by atoms with van der Waals surface area (Å²) in [6.07, 6.45) is 0. The highest BCUT2D eigenvalue weighted by molar-refractivity contribution is 9.10. The van der Waals surface area contributed by atoms with Crippen LogP contribution in [0.3, 0.4) is 0 Å². The fraction of sp³-hybridized carbons (Fsp3) is 0.556. The molecule has 1 aromatic rings. The molecule has 0 aromatic carbocycles. The number of hydrogen-bond acceptors (Lipinski definition) is 2. The first-order chi connectivity index (χ1) is 6.28. The molecule has 0 aliphatic carbocycles. The Kier molecular flexibility index (Phi) is 2.71. The van der Waals surface area contributed by atoms with E-state index in [2.05, 4.69) is 21.0 Å². The van der Waals surface area contributed by atoms with Gasteiger partial charge in [-0.25, -0.2) is 0 Å². The number of aryl methyl sites for hydroxylation is 1. The standard InChI is InChI=1S/C9H13BrN2O2/c1-5-6(10)7(11-12(5)4)9(2,3)8(13)14/h1-4H3,(H,13,14). The van der Waals surface area contributed by atoms with Gasteiger partial charge in [-0.15, -0.1) is 0 Å². The molecule has 0 saturated carbocycles. The van der Waals surface area contributed by atoms with Crippen LogP contribution in [-0.4, -0.2) is 20.9 Å². The summed E-state index contributed by atoms with van der Waals surface area (Å²) >= 11 is 3.36. The van der Waals surface area contributed by atoms with E-state index in [-0.39, 0.29) is 0 Å². The van der Waals surface area contributed by atoms with E-state index >= 15 is 0 Å². The second-order valence-corrected chi connectivity index (χ2v) is 4.59. The van der Waals surface area contributed by atoms with E-state index in [9.17, 15) is 4.79 Å². The Morgan fingerprint density at radius 2 is 2.07 bits per heavy atom. The predicted molar refractivity (Wildman–Crippen MR) is 56.3 cm³/mol. The van der Waals surface area contributed by atoms with Crippen molar-refractivity contribution in [3.05, 3.63) is 15.9 Å². The van der Waals surface area contributed by atoms with E-state index < -0.39 is 11.4 Å². The van der Waals surface area contributed by atoms with Crippen molar-refractivity contribution in [1.82, 2.24) is 9.78 Å². The van der Waals surface area contributed by atoms with Crippen molar-refractivity contribution < 1.29 is 9.90 Å². The molecule has 0 unspecified atom stereocenters. The molecule has 0 amide bonds. The maximum absolute atomic E-state index is 11.0. The zero-order valence-electron chi connectivity index (χ0n) is 8.63. The van der Waals surface area contributed by atoms with E-state index in [1.807, 2.05) is 6.92 Å². The van der Waals surface area contributed by atoms with Gasteiger partial charge in [-0.3, -0.25) is 9.48 Å². The molecule has 1 aromatic heterocycles. The summed E-state index contributed by atoms with van der Waals surface area (Å²) in [6.45, 7) is 5.17. The number of rotatable bonds is 2. The molecule has 78 valence electrons. The predicted octanol–water partition coefficient (Wildman–Crippen LogP) is 1.85. The number of hydrogen-bond donors (Lipinski definition) is 1. The molecule has 0 fully saturated rings. The molecular weight excluding hydrogens is 248 g/mol. The summed E-state index contributed by atoms with van der Waals surface area (Å²) in [5, 5.41) is 13.2. The monoisotopic (exact) mass is 260 g/mol. The van der Waals surface area contributed by atoms with Gasteiger partial charge in [-0.05, 0) is 36.7 Å². The summed E-state index contributed by atoms with van der Waals surface area (Å²) in [7, 11) is 1.79. The van der Waals surface area contributed by atoms with Gasteiger partial charge in [0.2, 0.25) is 0 Å². The van der Waals surface area contributed by atoms with Crippen LogP contribution in [0.1, 0.15) is 25.2 Å². The SMILES string of the molecule is Cc1c(Br)c(C(C)(C)C(=O)O)nn1C. The van der Waals surface area contributed by atoms with E-state index in [4.69, 9.17) is 5.11 Å². The summed E-state index contributed by atoms with van der Waals surface area (Å²) in [6, 6.07) is 0.